The van der Waals surface area contributed by atoms with Gasteiger partial charge in [0.1, 0.15) is 0 Å². The van der Waals surface area contributed by atoms with Crippen molar-refractivity contribution in [2.24, 2.45) is 0 Å². The van der Waals surface area contributed by atoms with Gasteiger partial charge in [0.15, 0.2) is 0 Å². The van der Waals surface area contributed by atoms with Gasteiger partial charge in [0, 0.05) is 44.1 Å². The number of anilines is 1. The third-order valence-electron chi connectivity index (χ3n) is 4.64. The van der Waals surface area contributed by atoms with E-state index in [-0.39, 0.29) is 18.4 Å². The second-order valence-corrected chi connectivity index (χ2v) is 6.40. The van der Waals surface area contributed by atoms with Crippen molar-refractivity contribution in [1.29, 1.82) is 0 Å². The van der Waals surface area contributed by atoms with E-state index in [9.17, 15) is 9.59 Å². The zero-order chi connectivity index (χ0) is 18.5. The van der Waals surface area contributed by atoms with Crippen LogP contribution in [0.25, 0.3) is 0 Å². The molecule has 2 aromatic rings. The molecule has 1 aromatic carbocycles. The molecule has 0 saturated carbocycles. The number of carbonyl (C=O) groups excluding carboxylic acids is 2. The van der Waals surface area contributed by atoms with Crippen LogP contribution in [0.4, 0.5) is 5.95 Å². The van der Waals surface area contributed by atoms with Crippen molar-refractivity contribution in [3.8, 4) is 0 Å². The molecule has 1 fully saturated rings. The molecule has 0 aliphatic carbocycles. The van der Waals surface area contributed by atoms with Gasteiger partial charge in [0.2, 0.25) is 11.9 Å². The molecule has 0 unspecified atom stereocenters. The van der Waals surface area contributed by atoms with E-state index in [1.165, 1.54) is 0 Å². The Morgan fingerprint density at radius 2 is 1.73 bits per heavy atom. The summed E-state index contributed by atoms with van der Waals surface area (Å²) in [7, 11) is 0. The van der Waals surface area contributed by atoms with Gasteiger partial charge in [0.05, 0.1) is 6.54 Å². The minimum atomic E-state index is -0.224. The summed E-state index contributed by atoms with van der Waals surface area (Å²) in [5.74, 6) is 0.385. The van der Waals surface area contributed by atoms with E-state index in [0.717, 1.165) is 11.1 Å². The number of aromatic nitrogens is 2. The molecule has 1 aliphatic heterocycles. The first-order valence-corrected chi connectivity index (χ1v) is 8.70. The molecule has 7 heteroatoms. The number of nitrogens with one attached hydrogen (secondary N) is 1. The Kier molecular flexibility index (Phi) is 5.46. The number of hydrogen-bond acceptors (Lipinski definition) is 5. The summed E-state index contributed by atoms with van der Waals surface area (Å²) in [4.78, 5) is 36.9. The lowest BCUT2D eigenvalue weighted by molar-refractivity contribution is -0.130. The van der Waals surface area contributed by atoms with Gasteiger partial charge in [-0.2, -0.15) is 0 Å². The molecular weight excluding hydrogens is 330 g/mol. The molecule has 1 aliphatic rings. The fraction of sp³-hybridized carbons (Fsp3) is 0.368. The van der Waals surface area contributed by atoms with Crippen LogP contribution in [0.3, 0.4) is 0 Å². The summed E-state index contributed by atoms with van der Waals surface area (Å²) in [6, 6.07) is 7.31. The second-order valence-electron chi connectivity index (χ2n) is 6.40. The number of nitrogens with zero attached hydrogens (tertiary/aromatic N) is 4. The summed E-state index contributed by atoms with van der Waals surface area (Å²) in [5.41, 5.74) is 2.77. The van der Waals surface area contributed by atoms with E-state index >= 15 is 0 Å². The normalized spacial score (nSPS) is 14.2. The van der Waals surface area contributed by atoms with Crippen molar-refractivity contribution in [2.75, 3.05) is 37.6 Å². The maximum absolute atomic E-state index is 12.4. The number of benzene rings is 1. The molecule has 0 atom stereocenters. The van der Waals surface area contributed by atoms with E-state index in [4.69, 9.17) is 0 Å². The monoisotopic (exact) mass is 353 g/mol. The first kappa shape index (κ1) is 17.8. The molecule has 1 saturated heterocycles. The first-order valence-electron chi connectivity index (χ1n) is 8.70. The average molecular weight is 353 g/mol. The standard InChI is InChI=1S/C19H23N5O2/c1-14-4-5-16(12-15(14)2)18(26)22-13-17(25)23-8-10-24(11-9-23)19-20-6-3-7-21-19/h3-7,12H,8-11,13H2,1-2H3,(H,22,26). The molecule has 1 N–H and O–H groups in total. The molecule has 7 nitrogen and oxygen atoms in total. The van der Waals surface area contributed by atoms with Gasteiger partial charge in [-0.3, -0.25) is 9.59 Å². The Labute approximate surface area is 153 Å². The van der Waals surface area contributed by atoms with Gasteiger partial charge < -0.3 is 15.1 Å². The maximum Gasteiger partial charge on any atom is 0.251 e. The zero-order valence-corrected chi connectivity index (χ0v) is 15.1. The van der Waals surface area contributed by atoms with Crippen molar-refractivity contribution in [2.45, 2.75) is 13.8 Å². The first-order chi connectivity index (χ1) is 12.5. The van der Waals surface area contributed by atoms with E-state index in [1.54, 1.807) is 29.4 Å². The topological polar surface area (TPSA) is 78.4 Å². The van der Waals surface area contributed by atoms with E-state index < -0.39 is 0 Å². The zero-order valence-electron chi connectivity index (χ0n) is 15.1. The minimum absolute atomic E-state index is 0.00753. The molecule has 0 radical (unpaired) electrons. The van der Waals surface area contributed by atoms with Crippen LogP contribution in [-0.4, -0.2) is 59.4 Å². The highest BCUT2D eigenvalue weighted by molar-refractivity contribution is 5.96. The summed E-state index contributed by atoms with van der Waals surface area (Å²) in [6.07, 6.45) is 3.42. The molecule has 136 valence electrons. The Morgan fingerprint density at radius 3 is 2.38 bits per heavy atom. The van der Waals surface area contributed by atoms with E-state index in [1.807, 2.05) is 26.0 Å². The molecule has 2 amide bonds. The number of hydrogen-bond donors (Lipinski definition) is 1. The molecule has 3 rings (SSSR count). The molecule has 2 heterocycles. The van der Waals surface area contributed by atoms with Crippen molar-refractivity contribution >= 4 is 17.8 Å². The third-order valence-corrected chi connectivity index (χ3v) is 4.64. The fourth-order valence-electron chi connectivity index (χ4n) is 2.86. The number of aryl methyl sites for hydroxylation is 2. The number of amides is 2. The van der Waals surface area contributed by atoms with Gasteiger partial charge in [-0.25, -0.2) is 9.97 Å². The van der Waals surface area contributed by atoms with Crippen molar-refractivity contribution < 1.29 is 9.59 Å². The molecule has 1 aromatic heterocycles. The van der Waals surface area contributed by atoms with E-state index in [0.29, 0.717) is 37.7 Å². The highest BCUT2D eigenvalue weighted by atomic mass is 16.2. The predicted octanol–water partition coefficient (Wildman–Crippen LogP) is 1.17. The Balaban J connectivity index is 1.48. The van der Waals surface area contributed by atoms with Gasteiger partial charge in [-0.05, 0) is 43.2 Å². The summed E-state index contributed by atoms with van der Waals surface area (Å²) in [5, 5.41) is 2.72. The summed E-state index contributed by atoms with van der Waals surface area (Å²) in [6.45, 7) is 6.52. The number of piperazine rings is 1. The van der Waals surface area contributed by atoms with Gasteiger partial charge >= 0.3 is 0 Å². The van der Waals surface area contributed by atoms with Crippen LogP contribution in [0, 0.1) is 13.8 Å². The number of rotatable bonds is 4. The lowest BCUT2D eigenvalue weighted by Crippen LogP contribution is -2.51. The summed E-state index contributed by atoms with van der Waals surface area (Å²) >= 11 is 0. The number of carbonyl (C=O) groups is 2. The van der Waals surface area contributed by atoms with Crippen LogP contribution in [0.1, 0.15) is 21.5 Å². The molecule has 0 bridgehead atoms. The highest BCUT2D eigenvalue weighted by Gasteiger charge is 2.22. The fourth-order valence-corrected chi connectivity index (χ4v) is 2.86. The van der Waals surface area contributed by atoms with Gasteiger partial charge in [0.25, 0.3) is 5.91 Å². The van der Waals surface area contributed by atoms with Crippen molar-refractivity contribution in [3.63, 3.8) is 0 Å². The Bertz CT molecular complexity index is 786. The molecule has 0 spiro atoms. The van der Waals surface area contributed by atoms with Crippen LogP contribution in [0.15, 0.2) is 36.7 Å². The van der Waals surface area contributed by atoms with E-state index in [2.05, 4.69) is 20.2 Å². The quantitative estimate of drug-likeness (QED) is 0.893. The SMILES string of the molecule is Cc1ccc(C(=O)NCC(=O)N2CCN(c3ncccn3)CC2)cc1C. The minimum Gasteiger partial charge on any atom is -0.343 e. The van der Waals surface area contributed by atoms with Crippen LogP contribution < -0.4 is 10.2 Å². The van der Waals surface area contributed by atoms with Crippen LogP contribution in [-0.2, 0) is 4.79 Å². The lowest BCUT2D eigenvalue weighted by Gasteiger charge is -2.34. The van der Waals surface area contributed by atoms with Crippen LogP contribution >= 0.6 is 0 Å². The predicted molar refractivity (Wildman–Crippen MR) is 99.1 cm³/mol. The van der Waals surface area contributed by atoms with Crippen molar-refractivity contribution in [1.82, 2.24) is 20.2 Å². The van der Waals surface area contributed by atoms with Crippen LogP contribution in [0.5, 0.6) is 0 Å². The molecular formula is C19H23N5O2. The second kappa shape index (κ2) is 7.95. The molecule has 26 heavy (non-hydrogen) atoms. The highest BCUT2D eigenvalue weighted by Crippen LogP contribution is 2.11. The summed E-state index contributed by atoms with van der Waals surface area (Å²) < 4.78 is 0. The van der Waals surface area contributed by atoms with Crippen LogP contribution in [0.2, 0.25) is 0 Å². The average Bonchev–Trinajstić information content (AvgIpc) is 2.68. The van der Waals surface area contributed by atoms with Gasteiger partial charge in [-0.15, -0.1) is 0 Å². The Morgan fingerprint density at radius 1 is 1.04 bits per heavy atom. The smallest absolute Gasteiger partial charge is 0.251 e. The maximum atomic E-state index is 12.4. The van der Waals surface area contributed by atoms with Crippen molar-refractivity contribution in [3.05, 3.63) is 53.3 Å². The van der Waals surface area contributed by atoms with Gasteiger partial charge in [-0.1, -0.05) is 6.07 Å². The third kappa shape index (κ3) is 4.17. The largest absolute Gasteiger partial charge is 0.343 e. The Hall–Kier alpha value is -2.96. The lowest BCUT2D eigenvalue weighted by atomic mass is 10.1.